The number of aryl methyl sites for hydroxylation is 1. The van der Waals surface area contributed by atoms with Gasteiger partial charge in [0.05, 0.1) is 17.6 Å². The Labute approximate surface area is 146 Å². The molecule has 0 atom stereocenters. The first-order valence-corrected chi connectivity index (χ1v) is 9.30. The molecule has 126 valence electrons. The minimum atomic E-state index is -3.44. The van der Waals surface area contributed by atoms with Crippen LogP contribution in [0.2, 0.25) is 0 Å². The quantitative estimate of drug-likeness (QED) is 0.727. The zero-order chi connectivity index (χ0) is 17.7. The van der Waals surface area contributed by atoms with Crippen LogP contribution in [0.5, 0.6) is 0 Å². The van der Waals surface area contributed by atoms with Crippen LogP contribution in [0.3, 0.4) is 0 Å². The first-order valence-electron chi connectivity index (χ1n) is 7.00. The summed E-state index contributed by atoms with van der Waals surface area (Å²) in [6, 6.07) is 13.8. The van der Waals surface area contributed by atoms with Crippen LogP contribution in [-0.2, 0) is 10.0 Å². The fourth-order valence-corrected chi connectivity index (χ4v) is 2.74. The maximum atomic E-state index is 12.1. The molecule has 6 nitrogen and oxygen atoms in total. The smallest absolute Gasteiger partial charge is 0.257 e. The number of hydrogen-bond acceptors (Lipinski definition) is 4. The van der Waals surface area contributed by atoms with Crippen molar-refractivity contribution in [2.75, 3.05) is 16.3 Å². The maximum absolute atomic E-state index is 12.1. The van der Waals surface area contributed by atoms with Crippen molar-refractivity contribution in [3.05, 3.63) is 59.7 Å². The Bertz CT molecular complexity index is 865. The molecule has 0 heterocycles. The number of anilines is 2. The third kappa shape index (κ3) is 5.32. The molecule has 8 heteroatoms. The molecule has 0 aliphatic heterocycles. The van der Waals surface area contributed by atoms with E-state index < -0.39 is 10.0 Å². The summed E-state index contributed by atoms with van der Waals surface area (Å²) in [6.45, 7) is 1.84. The minimum Gasteiger partial charge on any atom is -0.331 e. The van der Waals surface area contributed by atoms with Crippen molar-refractivity contribution in [3.8, 4) is 0 Å². The molecule has 0 aliphatic rings. The monoisotopic (exact) mass is 363 g/mol. The van der Waals surface area contributed by atoms with Crippen molar-refractivity contribution in [1.82, 2.24) is 5.32 Å². The van der Waals surface area contributed by atoms with Crippen molar-refractivity contribution < 1.29 is 13.2 Å². The second-order valence-corrected chi connectivity index (χ2v) is 7.35. The number of carbonyl (C=O) groups is 1. The Kier molecular flexibility index (Phi) is 5.53. The molecular formula is C16H17N3O3S2. The second-order valence-electron chi connectivity index (χ2n) is 5.20. The third-order valence-corrected chi connectivity index (χ3v) is 3.78. The first kappa shape index (κ1) is 17.9. The van der Waals surface area contributed by atoms with Gasteiger partial charge in [-0.05, 0) is 49.0 Å². The van der Waals surface area contributed by atoms with Gasteiger partial charge in [-0.2, -0.15) is 0 Å². The fraction of sp³-hybridized carbons (Fsp3) is 0.125. The molecule has 2 aromatic rings. The van der Waals surface area contributed by atoms with Crippen LogP contribution in [0, 0.1) is 6.92 Å². The average Bonchev–Trinajstić information content (AvgIpc) is 2.49. The lowest BCUT2D eigenvalue weighted by atomic mass is 10.2. The highest BCUT2D eigenvalue weighted by atomic mass is 32.2. The van der Waals surface area contributed by atoms with Gasteiger partial charge in [-0.3, -0.25) is 14.8 Å². The number of thiocarbonyl (C=S) groups is 1. The highest BCUT2D eigenvalue weighted by molar-refractivity contribution is 7.92. The molecule has 3 N–H and O–H groups in total. The van der Waals surface area contributed by atoms with Gasteiger partial charge in [0.1, 0.15) is 0 Å². The molecule has 0 saturated heterocycles. The van der Waals surface area contributed by atoms with Crippen molar-refractivity contribution in [2.24, 2.45) is 0 Å². The molecule has 2 rings (SSSR count). The molecule has 0 bridgehead atoms. The third-order valence-electron chi connectivity index (χ3n) is 2.98. The molecule has 1 amide bonds. The Hall–Kier alpha value is -2.45. The van der Waals surface area contributed by atoms with E-state index in [0.29, 0.717) is 16.9 Å². The van der Waals surface area contributed by atoms with Gasteiger partial charge in [-0.25, -0.2) is 8.42 Å². The largest absolute Gasteiger partial charge is 0.331 e. The van der Waals surface area contributed by atoms with Crippen molar-refractivity contribution in [2.45, 2.75) is 6.92 Å². The van der Waals surface area contributed by atoms with E-state index in [1.807, 2.05) is 13.0 Å². The summed E-state index contributed by atoms with van der Waals surface area (Å²) in [6.07, 6.45) is 1.06. The summed E-state index contributed by atoms with van der Waals surface area (Å²) < 4.78 is 25.4. The van der Waals surface area contributed by atoms with Gasteiger partial charge >= 0.3 is 0 Å². The molecule has 2 aromatic carbocycles. The van der Waals surface area contributed by atoms with E-state index in [1.165, 1.54) is 0 Å². The summed E-state index contributed by atoms with van der Waals surface area (Å²) in [5, 5.41) is 5.46. The van der Waals surface area contributed by atoms with E-state index in [4.69, 9.17) is 12.2 Å². The predicted octanol–water partition coefficient (Wildman–Crippen LogP) is 2.49. The fourth-order valence-electron chi connectivity index (χ4n) is 1.97. The lowest BCUT2D eigenvalue weighted by Crippen LogP contribution is -2.34. The topological polar surface area (TPSA) is 87.3 Å². The summed E-state index contributed by atoms with van der Waals surface area (Å²) in [4.78, 5) is 12.1. The van der Waals surface area contributed by atoms with Crippen LogP contribution in [0.4, 0.5) is 11.4 Å². The van der Waals surface area contributed by atoms with Gasteiger partial charge in [0.2, 0.25) is 10.0 Å². The molecular weight excluding hydrogens is 346 g/mol. The Morgan fingerprint density at radius 3 is 2.33 bits per heavy atom. The van der Waals surface area contributed by atoms with Crippen LogP contribution in [-0.4, -0.2) is 25.7 Å². The van der Waals surface area contributed by atoms with E-state index in [2.05, 4.69) is 15.4 Å². The van der Waals surface area contributed by atoms with E-state index in [1.54, 1.807) is 42.5 Å². The zero-order valence-corrected chi connectivity index (χ0v) is 14.8. The van der Waals surface area contributed by atoms with Gasteiger partial charge in [0.15, 0.2) is 5.11 Å². The molecule has 0 fully saturated rings. The van der Waals surface area contributed by atoms with Crippen LogP contribution >= 0.6 is 12.2 Å². The number of amides is 1. The number of benzene rings is 2. The molecule has 0 saturated carbocycles. The van der Waals surface area contributed by atoms with Crippen LogP contribution in [0.25, 0.3) is 0 Å². The first-order chi connectivity index (χ1) is 11.2. The lowest BCUT2D eigenvalue weighted by molar-refractivity contribution is 0.0977. The number of hydrogen-bond donors (Lipinski definition) is 3. The Balaban J connectivity index is 2.13. The van der Waals surface area contributed by atoms with Crippen LogP contribution in [0.15, 0.2) is 48.5 Å². The molecule has 24 heavy (non-hydrogen) atoms. The molecule has 0 unspecified atom stereocenters. The minimum absolute atomic E-state index is 0.0734. The predicted molar refractivity (Wildman–Crippen MR) is 99.8 cm³/mol. The van der Waals surface area contributed by atoms with E-state index >= 15 is 0 Å². The Morgan fingerprint density at radius 2 is 1.71 bits per heavy atom. The van der Waals surface area contributed by atoms with Gasteiger partial charge in [0.25, 0.3) is 5.91 Å². The Morgan fingerprint density at radius 1 is 1.04 bits per heavy atom. The molecule has 0 spiro atoms. The van der Waals surface area contributed by atoms with Gasteiger partial charge in [0, 0.05) is 5.56 Å². The lowest BCUT2D eigenvalue weighted by Gasteiger charge is -2.15. The SMILES string of the molecule is Cc1ccc(NC(=S)NC(=O)c2ccccc2)c(NS(C)(=O)=O)c1. The summed E-state index contributed by atoms with van der Waals surface area (Å²) >= 11 is 5.13. The summed E-state index contributed by atoms with van der Waals surface area (Å²) in [7, 11) is -3.44. The number of nitrogens with one attached hydrogen (secondary N) is 3. The number of sulfonamides is 1. The molecule has 0 radical (unpaired) electrons. The molecule has 0 aromatic heterocycles. The maximum Gasteiger partial charge on any atom is 0.257 e. The van der Waals surface area contributed by atoms with Gasteiger partial charge in [-0.1, -0.05) is 24.3 Å². The summed E-state index contributed by atoms with van der Waals surface area (Å²) in [5.41, 5.74) is 2.16. The molecule has 0 aliphatic carbocycles. The van der Waals surface area contributed by atoms with E-state index in [0.717, 1.165) is 11.8 Å². The zero-order valence-electron chi connectivity index (χ0n) is 13.2. The highest BCUT2D eigenvalue weighted by Crippen LogP contribution is 2.24. The van der Waals surface area contributed by atoms with E-state index in [9.17, 15) is 13.2 Å². The van der Waals surface area contributed by atoms with E-state index in [-0.39, 0.29) is 11.0 Å². The van der Waals surface area contributed by atoms with Gasteiger partial charge < -0.3 is 5.32 Å². The normalized spacial score (nSPS) is 10.8. The summed E-state index contributed by atoms with van der Waals surface area (Å²) in [5.74, 6) is -0.349. The highest BCUT2D eigenvalue weighted by Gasteiger charge is 2.11. The van der Waals surface area contributed by atoms with Crippen molar-refractivity contribution in [3.63, 3.8) is 0 Å². The average molecular weight is 363 g/mol. The van der Waals surface area contributed by atoms with Crippen LogP contribution in [0.1, 0.15) is 15.9 Å². The van der Waals surface area contributed by atoms with Crippen molar-refractivity contribution in [1.29, 1.82) is 0 Å². The standard InChI is InChI=1S/C16H17N3O3S2/c1-11-8-9-13(14(10-11)19-24(2,21)22)17-16(23)18-15(20)12-6-4-3-5-7-12/h3-10,19H,1-2H3,(H2,17,18,20,23). The number of carbonyl (C=O) groups excluding carboxylic acids is 1. The van der Waals surface area contributed by atoms with Crippen molar-refractivity contribution >= 4 is 44.6 Å². The second kappa shape index (κ2) is 7.41. The number of rotatable bonds is 4. The van der Waals surface area contributed by atoms with Crippen LogP contribution < -0.4 is 15.4 Å². The van der Waals surface area contributed by atoms with Gasteiger partial charge in [-0.15, -0.1) is 0 Å².